The van der Waals surface area contributed by atoms with Crippen molar-refractivity contribution in [1.29, 1.82) is 0 Å². The number of nitrogens with zero attached hydrogens (tertiary/aromatic N) is 3. The molecule has 1 aliphatic rings. The van der Waals surface area contributed by atoms with Crippen molar-refractivity contribution in [3.8, 4) is 0 Å². The summed E-state index contributed by atoms with van der Waals surface area (Å²) in [6, 6.07) is 18.5. The number of fused-ring (bicyclic) bond motifs is 1. The maximum atomic E-state index is 13.0. The fourth-order valence-corrected chi connectivity index (χ4v) is 4.13. The lowest BCUT2D eigenvalue weighted by Gasteiger charge is -2.34. The first-order valence-electron chi connectivity index (χ1n) is 9.96. The van der Waals surface area contributed by atoms with Crippen LogP contribution in [0.3, 0.4) is 0 Å². The van der Waals surface area contributed by atoms with Gasteiger partial charge in [0.2, 0.25) is 5.91 Å². The Morgan fingerprint density at radius 1 is 1.07 bits per heavy atom. The first kappa shape index (κ1) is 17.8. The number of hydrogen-bond acceptors (Lipinski definition) is 2. The molecule has 1 aromatic heterocycles. The van der Waals surface area contributed by atoms with Gasteiger partial charge in [-0.1, -0.05) is 42.5 Å². The highest BCUT2D eigenvalue weighted by Gasteiger charge is 2.27. The van der Waals surface area contributed by atoms with Gasteiger partial charge in [0.25, 0.3) is 0 Å². The van der Waals surface area contributed by atoms with Gasteiger partial charge in [-0.2, -0.15) is 0 Å². The first-order valence-corrected chi connectivity index (χ1v) is 9.96. The number of hydrogen-bond donors (Lipinski definition) is 0. The summed E-state index contributed by atoms with van der Waals surface area (Å²) in [6.07, 6.45) is 6.36. The van der Waals surface area contributed by atoms with Crippen molar-refractivity contribution in [2.24, 2.45) is 5.92 Å². The highest BCUT2D eigenvalue weighted by molar-refractivity contribution is 5.83. The van der Waals surface area contributed by atoms with Crippen LogP contribution in [0.5, 0.6) is 0 Å². The fourth-order valence-electron chi connectivity index (χ4n) is 4.13. The summed E-state index contributed by atoms with van der Waals surface area (Å²) in [5, 5.41) is 0. The number of aromatic nitrogens is 2. The zero-order valence-electron chi connectivity index (χ0n) is 15.9. The minimum absolute atomic E-state index is 0.208. The van der Waals surface area contributed by atoms with Crippen molar-refractivity contribution in [2.45, 2.75) is 38.6 Å². The zero-order chi connectivity index (χ0) is 18.6. The molecule has 3 aromatic rings. The molecule has 1 amide bonds. The standard InChI is InChI=1S/C23H27N3O/c1-18(26-17-24-21-9-5-6-10-22(21)26)23(27)25-15-13-20(14-16-25)12-11-19-7-3-2-4-8-19/h2-10,17-18,20H,11-16H2,1H3. The average Bonchev–Trinajstić information content (AvgIpc) is 3.16. The molecule has 0 saturated carbocycles. The van der Waals surface area contributed by atoms with Crippen molar-refractivity contribution in [2.75, 3.05) is 13.1 Å². The lowest BCUT2D eigenvalue weighted by molar-refractivity contribution is -0.135. The third-order valence-corrected chi connectivity index (χ3v) is 5.87. The molecule has 1 aliphatic heterocycles. The predicted octanol–water partition coefficient (Wildman–Crippen LogP) is 4.47. The smallest absolute Gasteiger partial charge is 0.245 e. The molecule has 1 atom stereocenters. The summed E-state index contributed by atoms with van der Waals surface area (Å²) < 4.78 is 2.00. The number of aryl methyl sites for hydroxylation is 1. The van der Waals surface area contributed by atoms with Crippen molar-refractivity contribution in [1.82, 2.24) is 14.5 Å². The van der Waals surface area contributed by atoms with E-state index < -0.39 is 0 Å². The summed E-state index contributed by atoms with van der Waals surface area (Å²) in [6.45, 7) is 3.72. The Morgan fingerprint density at radius 3 is 2.56 bits per heavy atom. The monoisotopic (exact) mass is 361 g/mol. The maximum absolute atomic E-state index is 13.0. The van der Waals surface area contributed by atoms with E-state index in [4.69, 9.17) is 0 Å². The number of carbonyl (C=O) groups excluding carboxylic acids is 1. The minimum Gasteiger partial charge on any atom is -0.341 e. The van der Waals surface area contributed by atoms with E-state index in [1.807, 2.05) is 40.7 Å². The van der Waals surface area contributed by atoms with Crippen LogP contribution in [0.2, 0.25) is 0 Å². The second kappa shape index (κ2) is 7.95. The van der Waals surface area contributed by atoms with Gasteiger partial charge in [0.1, 0.15) is 6.04 Å². The molecule has 2 aromatic carbocycles. The van der Waals surface area contributed by atoms with E-state index in [1.165, 1.54) is 12.0 Å². The van der Waals surface area contributed by atoms with E-state index in [0.717, 1.165) is 49.3 Å². The SMILES string of the molecule is CC(C(=O)N1CCC(CCc2ccccc2)CC1)n1cnc2ccccc21. The van der Waals surface area contributed by atoms with Gasteiger partial charge in [-0.05, 0) is 56.2 Å². The van der Waals surface area contributed by atoms with Gasteiger partial charge in [0.05, 0.1) is 17.4 Å². The van der Waals surface area contributed by atoms with Gasteiger partial charge in [-0.3, -0.25) is 4.79 Å². The van der Waals surface area contributed by atoms with Crippen LogP contribution in [0.1, 0.15) is 37.8 Å². The predicted molar refractivity (Wildman–Crippen MR) is 109 cm³/mol. The molecule has 4 heteroatoms. The fraction of sp³-hybridized carbons (Fsp3) is 0.391. The summed E-state index contributed by atoms with van der Waals surface area (Å²) in [5.74, 6) is 0.929. The number of para-hydroxylation sites is 2. The number of amides is 1. The molecule has 0 spiro atoms. The molecule has 27 heavy (non-hydrogen) atoms. The number of imidazole rings is 1. The second-order valence-corrected chi connectivity index (χ2v) is 7.61. The zero-order valence-corrected chi connectivity index (χ0v) is 15.9. The van der Waals surface area contributed by atoms with Crippen LogP contribution in [-0.4, -0.2) is 33.4 Å². The van der Waals surface area contributed by atoms with Gasteiger partial charge in [0.15, 0.2) is 0 Å². The van der Waals surface area contributed by atoms with Gasteiger partial charge in [-0.15, -0.1) is 0 Å². The molecular weight excluding hydrogens is 334 g/mol. The quantitative estimate of drug-likeness (QED) is 0.672. The third kappa shape index (κ3) is 3.90. The highest BCUT2D eigenvalue weighted by Crippen LogP contribution is 2.25. The summed E-state index contributed by atoms with van der Waals surface area (Å²) in [7, 11) is 0. The number of piperidine rings is 1. The largest absolute Gasteiger partial charge is 0.341 e. The topological polar surface area (TPSA) is 38.1 Å². The Bertz CT molecular complexity index is 894. The summed E-state index contributed by atoms with van der Waals surface area (Å²) >= 11 is 0. The molecule has 1 fully saturated rings. The molecule has 1 saturated heterocycles. The lowest BCUT2D eigenvalue weighted by atomic mass is 9.90. The van der Waals surface area contributed by atoms with Gasteiger partial charge in [-0.25, -0.2) is 4.98 Å². The van der Waals surface area contributed by atoms with Gasteiger partial charge in [0, 0.05) is 13.1 Å². The molecule has 0 N–H and O–H groups in total. The van der Waals surface area contributed by atoms with Crippen molar-refractivity contribution in [3.63, 3.8) is 0 Å². The molecule has 4 rings (SSSR count). The van der Waals surface area contributed by atoms with Crippen molar-refractivity contribution < 1.29 is 4.79 Å². The highest BCUT2D eigenvalue weighted by atomic mass is 16.2. The Kier molecular flexibility index (Phi) is 5.23. The average molecular weight is 361 g/mol. The lowest BCUT2D eigenvalue weighted by Crippen LogP contribution is -2.41. The van der Waals surface area contributed by atoms with Crippen LogP contribution >= 0.6 is 0 Å². The number of rotatable bonds is 5. The normalized spacial score (nSPS) is 16.6. The van der Waals surface area contributed by atoms with E-state index in [1.54, 1.807) is 6.33 Å². The molecule has 0 radical (unpaired) electrons. The number of benzene rings is 2. The van der Waals surface area contributed by atoms with Crippen LogP contribution in [0.15, 0.2) is 60.9 Å². The first-order chi connectivity index (χ1) is 13.2. The van der Waals surface area contributed by atoms with Crippen molar-refractivity contribution in [3.05, 3.63) is 66.5 Å². The van der Waals surface area contributed by atoms with Gasteiger partial charge >= 0.3 is 0 Å². The summed E-state index contributed by atoms with van der Waals surface area (Å²) in [5.41, 5.74) is 3.38. The molecule has 4 nitrogen and oxygen atoms in total. The number of likely N-dealkylation sites (tertiary alicyclic amines) is 1. The Labute approximate surface area is 160 Å². The Hall–Kier alpha value is -2.62. The molecule has 2 heterocycles. The van der Waals surface area contributed by atoms with Crippen LogP contribution in [-0.2, 0) is 11.2 Å². The van der Waals surface area contributed by atoms with Crippen LogP contribution in [0, 0.1) is 5.92 Å². The minimum atomic E-state index is -0.210. The molecule has 1 unspecified atom stereocenters. The second-order valence-electron chi connectivity index (χ2n) is 7.61. The van der Waals surface area contributed by atoms with Crippen LogP contribution in [0.4, 0.5) is 0 Å². The third-order valence-electron chi connectivity index (χ3n) is 5.87. The van der Waals surface area contributed by atoms with Crippen LogP contribution < -0.4 is 0 Å². The Morgan fingerprint density at radius 2 is 1.78 bits per heavy atom. The van der Waals surface area contributed by atoms with E-state index >= 15 is 0 Å². The van der Waals surface area contributed by atoms with Gasteiger partial charge < -0.3 is 9.47 Å². The Balaban J connectivity index is 1.33. The molecule has 0 bridgehead atoms. The van der Waals surface area contributed by atoms with E-state index in [-0.39, 0.29) is 11.9 Å². The molecule has 140 valence electrons. The van der Waals surface area contributed by atoms with E-state index in [0.29, 0.717) is 0 Å². The van der Waals surface area contributed by atoms with Crippen LogP contribution in [0.25, 0.3) is 11.0 Å². The number of carbonyl (C=O) groups is 1. The molecule has 0 aliphatic carbocycles. The maximum Gasteiger partial charge on any atom is 0.245 e. The molecular formula is C23H27N3O. The van der Waals surface area contributed by atoms with Crippen molar-refractivity contribution >= 4 is 16.9 Å². The summed E-state index contributed by atoms with van der Waals surface area (Å²) in [4.78, 5) is 19.5. The van der Waals surface area contributed by atoms with E-state index in [2.05, 4.69) is 35.3 Å². The van der Waals surface area contributed by atoms with E-state index in [9.17, 15) is 4.79 Å².